The van der Waals surface area contributed by atoms with E-state index in [2.05, 4.69) is 17.6 Å². The lowest BCUT2D eigenvalue weighted by Gasteiger charge is -2.13. The van der Waals surface area contributed by atoms with Crippen LogP contribution in [0.5, 0.6) is 0 Å². The third-order valence-electron chi connectivity index (χ3n) is 3.21. The maximum atomic E-state index is 11.5. The molecule has 2 saturated carbocycles. The molecule has 0 radical (unpaired) electrons. The van der Waals surface area contributed by atoms with Crippen LogP contribution in [0.1, 0.15) is 39.0 Å². The molecule has 3 heteroatoms. The predicted octanol–water partition coefficient (Wildman–Crippen LogP) is 1.29. The molecule has 0 aromatic heterocycles. The van der Waals surface area contributed by atoms with Gasteiger partial charge in [-0.2, -0.15) is 0 Å². The largest absolute Gasteiger partial charge is 0.353 e. The zero-order valence-corrected chi connectivity index (χ0v) is 9.59. The first-order chi connectivity index (χ1) is 7.24. The standard InChI is InChI=1S/C12H22N2O/c1-9(6-10-2-3-10)14-12(15)8-13-7-11-4-5-11/h9-11,13H,2-8H2,1H3,(H,14,15). The van der Waals surface area contributed by atoms with Crippen LogP contribution in [0.3, 0.4) is 0 Å². The zero-order chi connectivity index (χ0) is 10.7. The van der Waals surface area contributed by atoms with Crippen LogP contribution in [0.4, 0.5) is 0 Å². The summed E-state index contributed by atoms with van der Waals surface area (Å²) < 4.78 is 0. The Morgan fingerprint density at radius 2 is 1.93 bits per heavy atom. The van der Waals surface area contributed by atoms with Crippen molar-refractivity contribution in [2.45, 2.75) is 45.1 Å². The van der Waals surface area contributed by atoms with Crippen molar-refractivity contribution >= 4 is 5.91 Å². The molecule has 2 aliphatic carbocycles. The molecule has 0 aromatic rings. The van der Waals surface area contributed by atoms with Gasteiger partial charge in [0.05, 0.1) is 6.54 Å². The highest BCUT2D eigenvalue weighted by molar-refractivity contribution is 5.78. The molecule has 0 aromatic carbocycles. The molecular weight excluding hydrogens is 188 g/mol. The lowest BCUT2D eigenvalue weighted by molar-refractivity contribution is -0.120. The fraction of sp³-hybridized carbons (Fsp3) is 0.917. The maximum Gasteiger partial charge on any atom is 0.234 e. The van der Waals surface area contributed by atoms with Gasteiger partial charge in [0.1, 0.15) is 0 Å². The Balaban J connectivity index is 1.49. The molecule has 2 aliphatic rings. The first kappa shape index (κ1) is 10.9. The second-order valence-corrected chi connectivity index (χ2v) is 5.22. The molecule has 15 heavy (non-hydrogen) atoms. The van der Waals surface area contributed by atoms with E-state index in [1.807, 2.05) is 0 Å². The number of nitrogens with one attached hydrogen (secondary N) is 2. The normalized spacial score (nSPS) is 22.5. The third kappa shape index (κ3) is 4.65. The van der Waals surface area contributed by atoms with Gasteiger partial charge in [-0.15, -0.1) is 0 Å². The smallest absolute Gasteiger partial charge is 0.234 e. The summed E-state index contributed by atoms with van der Waals surface area (Å²) in [5, 5.41) is 6.25. The third-order valence-corrected chi connectivity index (χ3v) is 3.21. The average molecular weight is 210 g/mol. The molecule has 1 atom stereocenters. The van der Waals surface area contributed by atoms with E-state index in [-0.39, 0.29) is 5.91 Å². The van der Waals surface area contributed by atoms with Gasteiger partial charge in [0.15, 0.2) is 0 Å². The molecule has 0 spiro atoms. The summed E-state index contributed by atoms with van der Waals surface area (Å²) in [4.78, 5) is 11.5. The van der Waals surface area contributed by atoms with Crippen LogP contribution >= 0.6 is 0 Å². The van der Waals surface area contributed by atoms with Crippen LogP contribution in [0.2, 0.25) is 0 Å². The molecule has 2 fully saturated rings. The number of carbonyl (C=O) groups excluding carboxylic acids is 1. The first-order valence-electron chi connectivity index (χ1n) is 6.24. The van der Waals surface area contributed by atoms with Crippen LogP contribution < -0.4 is 10.6 Å². The summed E-state index contributed by atoms with van der Waals surface area (Å²) in [5.41, 5.74) is 0. The quantitative estimate of drug-likeness (QED) is 0.665. The summed E-state index contributed by atoms with van der Waals surface area (Å²) >= 11 is 0. The summed E-state index contributed by atoms with van der Waals surface area (Å²) in [6.07, 6.45) is 6.56. The Hall–Kier alpha value is -0.570. The van der Waals surface area contributed by atoms with Crippen molar-refractivity contribution < 1.29 is 4.79 Å². The van der Waals surface area contributed by atoms with Crippen molar-refractivity contribution in [3.05, 3.63) is 0 Å². The topological polar surface area (TPSA) is 41.1 Å². The molecule has 2 rings (SSSR count). The predicted molar refractivity (Wildman–Crippen MR) is 60.5 cm³/mol. The minimum Gasteiger partial charge on any atom is -0.353 e. The SMILES string of the molecule is CC(CC1CC1)NC(=O)CNCC1CC1. The van der Waals surface area contributed by atoms with Crippen LogP contribution in [-0.2, 0) is 4.79 Å². The van der Waals surface area contributed by atoms with E-state index in [1.54, 1.807) is 0 Å². The highest BCUT2D eigenvalue weighted by Crippen LogP contribution is 2.33. The second-order valence-electron chi connectivity index (χ2n) is 5.22. The van der Waals surface area contributed by atoms with Gasteiger partial charge in [-0.3, -0.25) is 4.79 Å². The summed E-state index contributed by atoms with van der Waals surface area (Å²) in [7, 11) is 0. The van der Waals surface area contributed by atoms with Crippen LogP contribution in [0.15, 0.2) is 0 Å². The highest BCUT2D eigenvalue weighted by Gasteiger charge is 2.24. The Morgan fingerprint density at radius 3 is 2.53 bits per heavy atom. The van der Waals surface area contributed by atoms with Crippen molar-refractivity contribution in [3.8, 4) is 0 Å². The molecule has 2 N–H and O–H groups in total. The molecule has 0 aliphatic heterocycles. The van der Waals surface area contributed by atoms with Gasteiger partial charge in [-0.1, -0.05) is 12.8 Å². The average Bonchev–Trinajstić information content (AvgIpc) is 2.96. The molecule has 1 amide bonds. The molecule has 3 nitrogen and oxygen atoms in total. The lowest BCUT2D eigenvalue weighted by atomic mass is 10.1. The number of rotatable bonds is 7. The number of hydrogen-bond donors (Lipinski definition) is 2. The van der Waals surface area contributed by atoms with E-state index in [1.165, 1.54) is 25.7 Å². The van der Waals surface area contributed by atoms with Gasteiger partial charge in [0, 0.05) is 6.04 Å². The van der Waals surface area contributed by atoms with Crippen LogP contribution in [0.25, 0.3) is 0 Å². The number of amides is 1. The van der Waals surface area contributed by atoms with Crippen molar-refractivity contribution in [1.82, 2.24) is 10.6 Å². The lowest BCUT2D eigenvalue weighted by Crippen LogP contribution is -2.39. The van der Waals surface area contributed by atoms with Gasteiger partial charge in [-0.05, 0) is 44.6 Å². The second kappa shape index (κ2) is 4.97. The number of carbonyl (C=O) groups is 1. The van der Waals surface area contributed by atoms with E-state index in [0.717, 1.165) is 24.8 Å². The maximum absolute atomic E-state index is 11.5. The molecule has 0 bridgehead atoms. The van der Waals surface area contributed by atoms with Crippen molar-refractivity contribution in [1.29, 1.82) is 0 Å². The van der Waals surface area contributed by atoms with Crippen molar-refractivity contribution in [2.75, 3.05) is 13.1 Å². The molecule has 1 unspecified atom stereocenters. The molecular formula is C12H22N2O. The van der Waals surface area contributed by atoms with E-state index < -0.39 is 0 Å². The minimum atomic E-state index is 0.156. The summed E-state index contributed by atoms with van der Waals surface area (Å²) in [6, 6.07) is 0.354. The zero-order valence-electron chi connectivity index (χ0n) is 9.59. The molecule has 0 heterocycles. The van der Waals surface area contributed by atoms with E-state index in [9.17, 15) is 4.79 Å². The van der Waals surface area contributed by atoms with Gasteiger partial charge in [0.2, 0.25) is 5.91 Å². The molecule has 0 saturated heterocycles. The van der Waals surface area contributed by atoms with Gasteiger partial charge in [-0.25, -0.2) is 0 Å². The fourth-order valence-corrected chi connectivity index (χ4v) is 1.95. The first-order valence-corrected chi connectivity index (χ1v) is 6.24. The Bertz CT molecular complexity index is 222. The fourth-order valence-electron chi connectivity index (χ4n) is 1.95. The summed E-state index contributed by atoms with van der Waals surface area (Å²) in [6.45, 7) is 3.62. The van der Waals surface area contributed by atoms with Gasteiger partial charge in [0.25, 0.3) is 0 Å². The highest BCUT2D eigenvalue weighted by atomic mass is 16.1. The van der Waals surface area contributed by atoms with Gasteiger partial charge >= 0.3 is 0 Å². The van der Waals surface area contributed by atoms with E-state index in [0.29, 0.717) is 12.6 Å². The minimum absolute atomic E-state index is 0.156. The van der Waals surface area contributed by atoms with Gasteiger partial charge < -0.3 is 10.6 Å². The Labute approximate surface area is 92.0 Å². The monoisotopic (exact) mass is 210 g/mol. The van der Waals surface area contributed by atoms with Crippen LogP contribution in [-0.4, -0.2) is 25.0 Å². The number of hydrogen-bond acceptors (Lipinski definition) is 2. The Kier molecular flexibility index (Phi) is 3.62. The van der Waals surface area contributed by atoms with E-state index >= 15 is 0 Å². The van der Waals surface area contributed by atoms with Crippen LogP contribution in [0, 0.1) is 11.8 Å². The summed E-state index contributed by atoms with van der Waals surface area (Å²) in [5.74, 6) is 1.89. The molecule has 86 valence electrons. The van der Waals surface area contributed by atoms with Crippen molar-refractivity contribution in [2.24, 2.45) is 11.8 Å². The van der Waals surface area contributed by atoms with Crippen molar-refractivity contribution in [3.63, 3.8) is 0 Å². The van der Waals surface area contributed by atoms with E-state index in [4.69, 9.17) is 0 Å². The Morgan fingerprint density at radius 1 is 1.27 bits per heavy atom.